The van der Waals surface area contributed by atoms with E-state index >= 15 is 0 Å². The average Bonchev–Trinajstić information content (AvgIpc) is 3.78. The number of rotatable bonds is 3. The lowest BCUT2D eigenvalue weighted by Gasteiger charge is -2.09. The zero-order valence-corrected chi connectivity index (χ0v) is 25.8. The fourth-order valence-corrected chi connectivity index (χ4v) is 9.64. The molecule has 0 aliphatic rings. The number of thiophene rings is 2. The molecule has 0 radical (unpaired) electrons. The molecule has 0 aliphatic heterocycles. The summed E-state index contributed by atoms with van der Waals surface area (Å²) in [6.07, 6.45) is 0. The van der Waals surface area contributed by atoms with Crippen molar-refractivity contribution in [3.63, 3.8) is 0 Å². The van der Waals surface area contributed by atoms with Crippen molar-refractivity contribution in [3.8, 4) is 27.9 Å². The highest BCUT2D eigenvalue weighted by Crippen LogP contribution is 2.47. The van der Waals surface area contributed by atoms with Gasteiger partial charge in [-0.05, 0) is 70.8 Å². The molecule has 0 fully saturated rings. The first-order valence-corrected chi connectivity index (χ1v) is 16.9. The van der Waals surface area contributed by atoms with Crippen molar-refractivity contribution in [1.29, 1.82) is 0 Å². The number of benzene rings is 7. The minimum Gasteiger partial charge on any atom is -0.309 e. The molecule has 0 spiro atoms. The maximum absolute atomic E-state index is 2.37. The normalized spacial score (nSPS) is 12.0. The Morgan fingerprint density at radius 1 is 0.378 bits per heavy atom. The summed E-state index contributed by atoms with van der Waals surface area (Å²) < 4.78 is 7.82. The van der Waals surface area contributed by atoms with Crippen LogP contribution in [0.2, 0.25) is 0 Å². The van der Waals surface area contributed by atoms with Crippen LogP contribution in [0.5, 0.6) is 0 Å². The number of para-hydroxylation sites is 2. The third-order valence-electron chi connectivity index (χ3n) is 9.22. The number of fused-ring (bicyclic) bond motifs is 10. The third kappa shape index (κ3) is 3.72. The molecule has 10 aromatic rings. The maximum atomic E-state index is 2.37. The maximum Gasteiger partial charge on any atom is 0.0541 e. The Hall–Kier alpha value is -5.22. The van der Waals surface area contributed by atoms with Crippen molar-refractivity contribution >= 4 is 84.8 Å². The second-order valence-electron chi connectivity index (χ2n) is 11.7. The summed E-state index contributed by atoms with van der Waals surface area (Å²) in [5.74, 6) is 0. The van der Waals surface area contributed by atoms with Crippen LogP contribution in [-0.4, -0.2) is 4.57 Å². The fraction of sp³-hybridized carbons (Fsp3) is 0. The van der Waals surface area contributed by atoms with Gasteiger partial charge in [-0.1, -0.05) is 103 Å². The number of hydrogen-bond donors (Lipinski definition) is 0. The van der Waals surface area contributed by atoms with E-state index in [4.69, 9.17) is 0 Å². The molecule has 7 aromatic carbocycles. The van der Waals surface area contributed by atoms with Gasteiger partial charge in [0.1, 0.15) is 0 Å². The summed E-state index contributed by atoms with van der Waals surface area (Å²) in [5.41, 5.74) is 8.66. The Morgan fingerprint density at radius 3 is 1.96 bits per heavy atom. The Bertz CT molecular complexity index is 2740. The highest BCUT2D eigenvalue weighted by Gasteiger charge is 2.17. The quantitative estimate of drug-likeness (QED) is 0.188. The Balaban J connectivity index is 1.12. The Morgan fingerprint density at radius 2 is 1.07 bits per heavy atom. The summed E-state index contributed by atoms with van der Waals surface area (Å²) in [7, 11) is 0. The molecular formula is C42H25NS2. The monoisotopic (exact) mass is 607 g/mol. The van der Waals surface area contributed by atoms with E-state index < -0.39 is 0 Å². The van der Waals surface area contributed by atoms with Crippen LogP contribution in [0.25, 0.3) is 90.1 Å². The van der Waals surface area contributed by atoms with E-state index in [-0.39, 0.29) is 0 Å². The molecule has 0 bridgehead atoms. The molecule has 0 aliphatic carbocycles. The molecule has 10 rings (SSSR count). The first-order valence-electron chi connectivity index (χ1n) is 15.3. The van der Waals surface area contributed by atoms with Crippen LogP contribution in [0.1, 0.15) is 0 Å². The SMILES string of the molecule is c1ccc(-n2c3ccccc3c3cc(-c4ccc(-c5cccc6sc7ccc8c9ccccc9sc8c7c56)cc4)ccc32)cc1. The van der Waals surface area contributed by atoms with Gasteiger partial charge >= 0.3 is 0 Å². The van der Waals surface area contributed by atoms with Crippen LogP contribution in [0.15, 0.2) is 152 Å². The molecule has 210 valence electrons. The summed E-state index contributed by atoms with van der Waals surface area (Å²) in [6.45, 7) is 0. The molecule has 3 aromatic heterocycles. The molecule has 0 N–H and O–H groups in total. The van der Waals surface area contributed by atoms with Gasteiger partial charge in [-0.2, -0.15) is 0 Å². The van der Waals surface area contributed by atoms with Crippen molar-refractivity contribution in [3.05, 3.63) is 152 Å². The van der Waals surface area contributed by atoms with Gasteiger partial charge in [0.05, 0.1) is 11.0 Å². The van der Waals surface area contributed by atoms with Gasteiger partial charge in [0.25, 0.3) is 0 Å². The number of hydrogen-bond acceptors (Lipinski definition) is 2. The first kappa shape index (κ1) is 25.1. The predicted molar refractivity (Wildman–Crippen MR) is 197 cm³/mol. The van der Waals surface area contributed by atoms with E-state index in [1.807, 2.05) is 22.7 Å². The van der Waals surface area contributed by atoms with Crippen molar-refractivity contribution in [2.24, 2.45) is 0 Å². The van der Waals surface area contributed by atoms with Crippen LogP contribution in [0.4, 0.5) is 0 Å². The first-order chi connectivity index (χ1) is 22.3. The fourth-order valence-electron chi connectivity index (χ4n) is 7.18. The van der Waals surface area contributed by atoms with Crippen molar-refractivity contribution in [2.45, 2.75) is 0 Å². The van der Waals surface area contributed by atoms with Gasteiger partial charge in [-0.15, -0.1) is 22.7 Å². The molecule has 0 amide bonds. The predicted octanol–water partition coefficient (Wildman–Crippen LogP) is 12.9. The van der Waals surface area contributed by atoms with E-state index in [1.165, 1.54) is 90.1 Å². The lowest BCUT2D eigenvalue weighted by molar-refractivity contribution is 1.18. The molecule has 1 nitrogen and oxygen atoms in total. The van der Waals surface area contributed by atoms with E-state index in [2.05, 4.69) is 156 Å². The lowest BCUT2D eigenvalue weighted by atomic mass is 9.96. The van der Waals surface area contributed by atoms with Gasteiger partial charge in [0.2, 0.25) is 0 Å². The van der Waals surface area contributed by atoms with Crippen LogP contribution in [0.3, 0.4) is 0 Å². The summed E-state index contributed by atoms with van der Waals surface area (Å²) >= 11 is 3.82. The molecule has 3 heteroatoms. The van der Waals surface area contributed by atoms with Crippen LogP contribution < -0.4 is 0 Å². The highest BCUT2D eigenvalue weighted by molar-refractivity contribution is 7.29. The molecular weight excluding hydrogens is 583 g/mol. The smallest absolute Gasteiger partial charge is 0.0541 e. The van der Waals surface area contributed by atoms with E-state index in [1.54, 1.807) is 0 Å². The Kier molecular flexibility index (Phi) is 5.39. The molecule has 0 atom stereocenters. The van der Waals surface area contributed by atoms with Crippen LogP contribution in [0, 0.1) is 0 Å². The molecule has 0 saturated heterocycles. The summed E-state index contributed by atoms with van der Waals surface area (Å²) in [6, 6.07) is 55.7. The van der Waals surface area contributed by atoms with Gasteiger partial charge in [-0.3, -0.25) is 0 Å². The van der Waals surface area contributed by atoms with Gasteiger partial charge in [0.15, 0.2) is 0 Å². The van der Waals surface area contributed by atoms with Crippen molar-refractivity contribution in [2.75, 3.05) is 0 Å². The minimum atomic E-state index is 1.18. The molecule has 0 saturated carbocycles. The van der Waals surface area contributed by atoms with Gasteiger partial charge in [-0.25, -0.2) is 0 Å². The van der Waals surface area contributed by atoms with Crippen LogP contribution >= 0.6 is 22.7 Å². The summed E-state index contributed by atoms with van der Waals surface area (Å²) in [5, 5.41) is 8.03. The Labute approximate surface area is 267 Å². The van der Waals surface area contributed by atoms with E-state index in [9.17, 15) is 0 Å². The second-order valence-corrected chi connectivity index (χ2v) is 13.8. The van der Waals surface area contributed by atoms with Gasteiger partial charge in [0, 0.05) is 56.8 Å². The molecule has 0 unspecified atom stereocenters. The van der Waals surface area contributed by atoms with E-state index in [0.717, 1.165) is 0 Å². The highest BCUT2D eigenvalue weighted by atomic mass is 32.1. The second kappa shape index (κ2) is 9.64. The van der Waals surface area contributed by atoms with Crippen molar-refractivity contribution < 1.29 is 0 Å². The number of nitrogens with zero attached hydrogens (tertiary/aromatic N) is 1. The van der Waals surface area contributed by atoms with E-state index in [0.29, 0.717) is 0 Å². The number of aromatic nitrogens is 1. The lowest BCUT2D eigenvalue weighted by Crippen LogP contribution is -1.92. The molecule has 3 heterocycles. The summed E-state index contributed by atoms with van der Waals surface area (Å²) in [4.78, 5) is 0. The third-order valence-corrected chi connectivity index (χ3v) is 11.5. The topological polar surface area (TPSA) is 4.93 Å². The standard InChI is InChI=1S/C42H25NS2/c1-2-9-29(10-3-1)43-35-14-6-4-11-31(35)34-25-28(21-23-36(34)43)26-17-19-27(20-18-26)30-13-8-16-38-40(30)41-39(44-38)24-22-33-32-12-5-7-15-37(32)45-42(33)41/h1-25H. The van der Waals surface area contributed by atoms with Crippen LogP contribution in [-0.2, 0) is 0 Å². The average molecular weight is 608 g/mol. The van der Waals surface area contributed by atoms with Crippen molar-refractivity contribution in [1.82, 2.24) is 4.57 Å². The zero-order valence-electron chi connectivity index (χ0n) is 24.2. The zero-order chi connectivity index (χ0) is 29.5. The van der Waals surface area contributed by atoms with Gasteiger partial charge < -0.3 is 4.57 Å². The molecule has 45 heavy (non-hydrogen) atoms. The minimum absolute atomic E-state index is 1.18. The largest absolute Gasteiger partial charge is 0.309 e.